The van der Waals surface area contributed by atoms with Crippen molar-refractivity contribution in [3.05, 3.63) is 29.7 Å². The number of hydrogen-bond acceptors (Lipinski definition) is 4. The molecule has 1 heterocycles. The zero-order valence-corrected chi connectivity index (χ0v) is 9.44. The number of methoxy groups -OCH3 is 1. The standard InChI is InChI=1S/C12H12N2O2/c1-7-10-5-4-9(16-3)6-11(10)14-12(13-7)8(2)15/h4-6H,1-3H3. The molecule has 0 spiro atoms. The van der Waals surface area contributed by atoms with Crippen molar-refractivity contribution in [2.45, 2.75) is 13.8 Å². The van der Waals surface area contributed by atoms with Crippen molar-refractivity contribution in [2.75, 3.05) is 7.11 Å². The van der Waals surface area contributed by atoms with E-state index in [4.69, 9.17) is 4.74 Å². The SMILES string of the molecule is COc1ccc2c(C)nc(C(C)=O)nc2c1. The zero-order chi connectivity index (χ0) is 11.7. The lowest BCUT2D eigenvalue weighted by atomic mass is 10.2. The van der Waals surface area contributed by atoms with Crippen molar-refractivity contribution >= 4 is 16.7 Å². The average Bonchev–Trinajstić information content (AvgIpc) is 2.28. The van der Waals surface area contributed by atoms with Crippen LogP contribution in [-0.2, 0) is 0 Å². The summed E-state index contributed by atoms with van der Waals surface area (Å²) in [7, 11) is 1.60. The highest BCUT2D eigenvalue weighted by Gasteiger charge is 2.08. The molecule has 82 valence electrons. The van der Waals surface area contributed by atoms with Gasteiger partial charge in [-0.25, -0.2) is 9.97 Å². The summed E-state index contributed by atoms with van der Waals surface area (Å²) in [5.41, 5.74) is 1.54. The maximum Gasteiger partial charge on any atom is 0.196 e. The van der Waals surface area contributed by atoms with E-state index >= 15 is 0 Å². The molecule has 0 amide bonds. The van der Waals surface area contributed by atoms with Crippen molar-refractivity contribution in [3.8, 4) is 5.75 Å². The molecule has 2 aromatic rings. The number of carbonyl (C=O) groups is 1. The molecule has 0 aliphatic heterocycles. The van der Waals surface area contributed by atoms with Crippen molar-refractivity contribution in [1.82, 2.24) is 9.97 Å². The number of benzene rings is 1. The quantitative estimate of drug-likeness (QED) is 0.722. The average molecular weight is 216 g/mol. The molecular formula is C12H12N2O2. The summed E-state index contributed by atoms with van der Waals surface area (Å²) in [4.78, 5) is 19.6. The Balaban J connectivity index is 2.72. The molecule has 0 unspecified atom stereocenters. The van der Waals surface area contributed by atoms with Crippen LogP contribution in [0.5, 0.6) is 5.75 Å². The molecule has 1 aromatic heterocycles. The molecular weight excluding hydrogens is 204 g/mol. The van der Waals surface area contributed by atoms with Gasteiger partial charge in [-0.05, 0) is 19.1 Å². The molecule has 1 aromatic carbocycles. The summed E-state index contributed by atoms with van der Waals surface area (Å²) in [6.45, 7) is 3.32. The molecule has 2 rings (SSSR count). The smallest absolute Gasteiger partial charge is 0.196 e. The Bertz CT molecular complexity index is 564. The number of hydrogen-bond donors (Lipinski definition) is 0. The fraction of sp³-hybridized carbons (Fsp3) is 0.250. The number of Topliss-reactive ketones (excluding diaryl/α,β-unsaturated/α-hetero) is 1. The lowest BCUT2D eigenvalue weighted by Gasteiger charge is -2.05. The minimum absolute atomic E-state index is 0.132. The van der Waals surface area contributed by atoms with Gasteiger partial charge in [0.25, 0.3) is 0 Å². The first-order chi connectivity index (χ1) is 7.61. The summed E-state index contributed by atoms with van der Waals surface area (Å²) >= 11 is 0. The van der Waals surface area contributed by atoms with Crippen LogP contribution in [0.25, 0.3) is 10.9 Å². The second-order valence-corrected chi connectivity index (χ2v) is 3.57. The number of aryl methyl sites for hydroxylation is 1. The highest BCUT2D eigenvalue weighted by molar-refractivity contribution is 5.93. The number of ketones is 1. The van der Waals surface area contributed by atoms with E-state index in [1.807, 2.05) is 19.1 Å². The minimum atomic E-state index is -0.132. The van der Waals surface area contributed by atoms with Gasteiger partial charge < -0.3 is 4.74 Å². The van der Waals surface area contributed by atoms with E-state index in [-0.39, 0.29) is 11.6 Å². The maximum atomic E-state index is 11.2. The Morgan fingerprint density at radius 1 is 1.31 bits per heavy atom. The Hall–Kier alpha value is -1.97. The van der Waals surface area contributed by atoms with Crippen LogP contribution in [0.1, 0.15) is 23.2 Å². The molecule has 4 heteroatoms. The number of carbonyl (C=O) groups excluding carboxylic acids is 1. The second kappa shape index (κ2) is 3.89. The predicted octanol–water partition coefficient (Wildman–Crippen LogP) is 2.15. The summed E-state index contributed by atoms with van der Waals surface area (Å²) in [5.74, 6) is 0.839. The van der Waals surface area contributed by atoms with Gasteiger partial charge in [-0.15, -0.1) is 0 Å². The zero-order valence-electron chi connectivity index (χ0n) is 9.44. The van der Waals surface area contributed by atoms with E-state index in [1.165, 1.54) is 6.92 Å². The maximum absolute atomic E-state index is 11.2. The van der Waals surface area contributed by atoms with Crippen LogP contribution in [0, 0.1) is 6.92 Å². The summed E-state index contributed by atoms with van der Waals surface area (Å²) in [5, 5.41) is 0.936. The van der Waals surface area contributed by atoms with Crippen molar-refractivity contribution < 1.29 is 9.53 Å². The molecule has 0 radical (unpaired) electrons. The van der Waals surface area contributed by atoms with E-state index in [0.29, 0.717) is 0 Å². The Morgan fingerprint density at radius 3 is 2.69 bits per heavy atom. The normalized spacial score (nSPS) is 10.4. The molecule has 0 aliphatic rings. The molecule has 0 fully saturated rings. The molecule has 0 atom stereocenters. The van der Waals surface area contributed by atoms with E-state index in [9.17, 15) is 4.79 Å². The van der Waals surface area contributed by atoms with Gasteiger partial charge in [0.2, 0.25) is 0 Å². The van der Waals surface area contributed by atoms with Crippen LogP contribution >= 0.6 is 0 Å². The van der Waals surface area contributed by atoms with Gasteiger partial charge in [0, 0.05) is 24.1 Å². The fourth-order valence-electron chi connectivity index (χ4n) is 1.55. The van der Waals surface area contributed by atoms with E-state index in [2.05, 4.69) is 9.97 Å². The van der Waals surface area contributed by atoms with Crippen LogP contribution in [-0.4, -0.2) is 22.9 Å². The van der Waals surface area contributed by atoms with E-state index in [0.717, 1.165) is 22.3 Å². The Kier molecular flexibility index (Phi) is 2.56. The first-order valence-electron chi connectivity index (χ1n) is 4.95. The third-order valence-corrected chi connectivity index (χ3v) is 2.41. The van der Waals surface area contributed by atoms with E-state index in [1.54, 1.807) is 13.2 Å². The van der Waals surface area contributed by atoms with Gasteiger partial charge in [0.15, 0.2) is 11.6 Å². The van der Waals surface area contributed by atoms with Gasteiger partial charge >= 0.3 is 0 Å². The third kappa shape index (κ3) is 1.74. The number of nitrogens with zero attached hydrogens (tertiary/aromatic N) is 2. The topological polar surface area (TPSA) is 52.1 Å². The summed E-state index contributed by atoms with van der Waals surface area (Å²) < 4.78 is 5.12. The number of ether oxygens (including phenoxy) is 1. The largest absolute Gasteiger partial charge is 0.497 e. The molecule has 0 saturated heterocycles. The predicted molar refractivity (Wildman–Crippen MR) is 60.8 cm³/mol. The van der Waals surface area contributed by atoms with Gasteiger partial charge in [-0.1, -0.05) is 0 Å². The Labute approximate surface area is 93.3 Å². The molecule has 0 bridgehead atoms. The summed E-state index contributed by atoms with van der Waals surface area (Å²) in [6.07, 6.45) is 0. The first kappa shape index (κ1) is 10.5. The van der Waals surface area contributed by atoms with Gasteiger partial charge in [0.05, 0.1) is 12.6 Å². The summed E-state index contributed by atoms with van der Waals surface area (Å²) in [6, 6.07) is 5.55. The van der Waals surface area contributed by atoms with Crippen molar-refractivity contribution in [1.29, 1.82) is 0 Å². The number of aromatic nitrogens is 2. The van der Waals surface area contributed by atoms with Gasteiger partial charge in [-0.2, -0.15) is 0 Å². The van der Waals surface area contributed by atoms with Gasteiger partial charge in [0.1, 0.15) is 5.75 Å². The first-order valence-corrected chi connectivity index (χ1v) is 4.95. The molecule has 0 N–H and O–H groups in total. The van der Waals surface area contributed by atoms with Crippen LogP contribution in [0.4, 0.5) is 0 Å². The monoisotopic (exact) mass is 216 g/mol. The van der Waals surface area contributed by atoms with Crippen LogP contribution in [0.15, 0.2) is 18.2 Å². The minimum Gasteiger partial charge on any atom is -0.497 e. The third-order valence-electron chi connectivity index (χ3n) is 2.41. The highest BCUT2D eigenvalue weighted by atomic mass is 16.5. The number of rotatable bonds is 2. The van der Waals surface area contributed by atoms with Gasteiger partial charge in [-0.3, -0.25) is 4.79 Å². The molecule has 4 nitrogen and oxygen atoms in total. The lowest BCUT2D eigenvalue weighted by Crippen LogP contribution is -2.03. The molecule has 0 saturated carbocycles. The van der Waals surface area contributed by atoms with Crippen LogP contribution in [0.2, 0.25) is 0 Å². The fourth-order valence-corrected chi connectivity index (χ4v) is 1.55. The Morgan fingerprint density at radius 2 is 2.06 bits per heavy atom. The number of fused-ring (bicyclic) bond motifs is 1. The molecule has 0 aliphatic carbocycles. The lowest BCUT2D eigenvalue weighted by molar-refractivity contribution is 0.100. The highest BCUT2D eigenvalue weighted by Crippen LogP contribution is 2.21. The van der Waals surface area contributed by atoms with Crippen LogP contribution in [0.3, 0.4) is 0 Å². The van der Waals surface area contributed by atoms with Crippen LogP contribution < -0.4 is 4.74 Å². The second-order valence-electron chi connectivity index (χ2n) is 3.57. The van der Waals surface area contributed by atoms with Crippen molar-refractivity contribution in [3.63, 3.8) is 0 Å². The van der Waals surface area contributed by atoms with Crippen molar-refractivity contribution in [2.24, 2.45) is 0 Å². The van der Waals surface area contributed by atoms with E-state index < -0.39 is 0 Å². The molecule has 16 heavy (non-hydrogen) atoms.